The highest BCUT2D eigenvalue weighted by Crippen LogP contribution is 2.34. The summed E-state index contributed by atoms with van der Waals surface area (Å²) in [6.45, 7) is 0. The molecule has 0 aromatic heterocycles. The zero-order valence-corrected chi connectivity index (χ0v) is 13.2. The fourth-order valence-electron chi connectivity index (χ4n) is 2.38. The Balaban J connectivity index is 2.29. The Hall–Kier alpha value is -0.390. The second-order valence-corrected chi connectivity index (χ2v) is 8.64. The first-order valence-electron chi connectivity index (χ1n) is 6.16. The maximum absolute atomic E-state index is 11.3. The topological polar surface area (TPSA) is 43.4 Å². The van der Waals surface area contributed by atoms with Gasteiger partial charge in [0.15, 0.2) is 0 Å². The van der Waals surface area contributed by atoms with Gasteiger partial charge in [-0.3, -0.25) is 0 Å². The number of halogens is 1. The molecular formula is C13H17ClO3S2. The molecule has 1 aliphatic heterocycles. The van der Waals surface area contributed by atoms with E-state index in [1.807, 2.05) is 30.0 Å². The summed E-state index contributed by atoms with van der Waals surface area (Å²) in [4.78, 5) is 0. The van der Waals surface area contributed by atoms with Crippen LogP contribution in [0.1, 0.15) is 29.9 Å². The van der Waals surface area contributed by atoms with Crippen molar-refractivity contribution in [2.45, 2.75) is 24.5 Å². The smallest absolute Gasteiger partial charge is 0.236 e. The summed E-state index contributed by atoms with van der Waals surface area (Å²) in [5, 5.41) is 0. The molecule has 2 rings (SSSR count). The van der Waals surface area contributed by atoms with Gasteiger partial charge in [0, 0.05) is 16.2 Å². The molecule has 0 N–H and O–H groups in total. The average molecular weight is 321 g/mol. The normalized spacial score (nSPS) is 17.4. The highest BCUT2D eigenvalue weighted by molar-refractivity contribution is 8.13. The van der Waals surface area contributed by atoms with Gasteiger partial charge in [-0.2, -0.15) is 11.8 Å². The molecule has 1 heterocycles. The Bertz CT molecular complexity index is 537. The molecule has 106 valence electrons. The maximum atomic E-state index is 11.3. The lowest BCUT2D eigenvalue weighted by atomic mass is 9.92. The predicted molar refractivity (Wildman–Crippen MR) is 80.8 cm³/mol. The Morgan fingerprint density at radius 3 is 2.63 bits per heavy atom. The number of hydrogen-bond acceptors (Lipinski definition) is 4. The monoisotopic (exact) mass is 320 g/mol. The van der Waals surface area contributed by atoms with Crippen LogP contribution in [0.3, 0.4) is 0 Å². The van der Waals surface area contributed by atoms with Crippen LogP contribution in [0.15, 0.2) is 18.2 Å². The maximum Gasteiger partial charge on any atom is 0.236 e. The van der Waals surface area contributed by atoms with Gasteiger partial charge in [0.2, 0.25) is 9.05 Å². The fourth-order valence-corrected chi connectivity index (χ4v) is 4.44. The first-order chi connectivity index (χ1) is 8.99. The molecule has 0 aliphatic carbocycles. The van der Waals surface area contributed by atoms with Gasteiger partial charge >= 0.3 is 0 Å². The molecule has 1 aromatic rings. The molecule has 1 saturated heterocycles. The lowest BCUT2D eigenvalue weighted by molar-refractivity contribution is 0.410. The van der Waals surface area contributed by atoms with Crippen LogP contribution in [0.25, 0.3) is 0 Å². The Morgan fingerprint density at radius 1 is 1.37 bits per heavy atom. The van der Waals surface area contributed by atoms with E-state index in [2.05, 4.69) is 0 Å². The standard InChI is InChI=1S/C13H17ClO3S2/c1-17-13-3-2-11(10-4-6-18-7-5-10)8-12(13)9-19(14,15)16/h2-3,8,10H,4-7,9H2,1H3. The van der Waals surface area contributed by atoms with Gasteiger partial charge in [0.25, 0.3) is 0 Å². The van der Waals surface area contributed by atoms with E-state index in [9.17, 15) is 8.42 Å². The van der Waals surface area contributed by atoms with Crippen LogP contribution < -0.4 is 4.74 Å². The Morgan fingerprint density at radius 2 is 2.05 bits per heavy atom. The average Bonchev–Trinajstić information content (AvgIpc) is 2.38. The zero-order chi connectivity index (χ0) is 13.9. The van der Waals surface area contributed by atoms with Crippen LogP contribution in [0, 0.1) is 0 Å². The van der Waals surface area contributed by atoms with E-state index >= 15 is 0 Å². The predicted octanol–water partition coefficient (Wildman–Crippen LogP) is 3.37. The van der Waals surface area contributed by atoms with Crippen molar-refractivity contribution in [3.8, 4) is 5.75 Å². The third kappa shape index (κ3) is 4.29. The molecule has 0 amide bonds. The summed E-state index contributed by atoms with van der Waals surface area (Å²) in [6, 6.07) is 5.80. The summed E-state index contributed by atoms with van der Waals surface area (Å²) >= 11 is 1.97. The zero-order valence-electron chi connectivity index (χ0n) is 10.8. The number of ether oxygens (including phenoxy) is 1. The van der Waals surface area contributed by atoms with Crippen molar-refractivity contribution in [3.63, 3.8) is 0 Å². The minimum Gasteiger partial charge on any atom is -0.496 e. The minimum absolute atomic E-state index is 0.187. The molecule has 0 unspecified atom stereocenters. The molecule has 0 bridgehead atoms. The van der Waals surface area contributed by atoms with Crippen molar-refractivity contribution in [2.75, 3.05) is 18.6 Å². The third-order valence-electron chi connectivity index (χ3n) is 3.33. The number of methoxy groups -OCH3 is 1. The van der Waals surface area contributed by atoms with E-state index < -0.39 is 9.05 Å². The molecule has 0 spiro atoms. The largest absolute Gasteiger partial charge is 0.496 e. The molecule has 0 saturated carbocycles. The summed E-state index contributed by atoms with van der Waals surface area (Å²) in [7, 11) is 3.32. The van der Waals surface area contributed by atoms with E-state index in [-0.39, 0.29) is 5.75 Å². The van der Waals surface area contributed by atoms with E-state index in [1.54, 1.807) is 0 Å². The van der Waals surface area contributed by atoms with E-state index in [0.717, 1.165) is 12.8 Å². The van der Waals surface area contributed by atoms with Gasteiger partial charge in [-0.1, -0.05) is 12.1 Å². The van der Waals surface area contributed by atoms with Crippen LogP contribution in [0.4, 0.5) is 0 Å². The number of thioether (sulfide) groups is 1. The molecule has 19 heavy (non-hydrogen) atoms. The van der Waals surface area contributed by atoms with Crippen molar-refractivity contribution in [3.05, 3.63) is 29.3 Å². The van der Waals surface area contributed by atoms with Crippen LogP contribution in [0.5, 0.6) is 5.75 Å². The van der Waals surface area contributed by atoms with Gasteiger partial charge in [0.05, 0.1) is 12.9 Å². The molecule has 1 aromatic carbocycles. The molecule has 1 fully saturated rings. The van der Waals surface area contributed by atoms with Crippen molar-refractivity contribution < 1.29 is 13.2 Å². The van der Waals surface area contributed by atoms with Crippen LogP contribution in [-0.4, -0.2) is 27.0 Å². The van der Waals surface area contributed by atoms with E-state index in [0.29, 0.717) is 17.2 Å². The number of benzene rings is 1. The van der Waals surface area contributed by atoms with Crippen LogP contribution in [0.2, 0.25) is 0 Å². The van der Waals surface area contributed by atoms with E-state index in [1.165, 1.54) is 24.2 Å². The highest BCUT2D eigenvalue weighted by atomic mass is 35.7. The summed E-state index contributed by atoms with van der Waals surface area (Å²) in [5.41, 5.74) is 1.84. The fraction of sp³-hybridized carbons (Fsp3) is 0.538. The summed E-state index contributed by atoms with van der Waals surface area (Å²) in [5.74, 6) is 3.24. The first-order valence-corrected chi connectivity index (χ1v) is 9.80. The lowest BCUT2D eigenvalue weighted by Gasteiger charge is -2.22. The molecule has 6 heteroatoms. The second-order valence-electron chi connectivity index (χ2n) is 4.64. The third-order valence-corrected chi connectivity index (χ3v) is 5.36. The van der Waals surface area contributed by atoms with Gasteiger partial charge in [0.1, 0.15) is 5.75 Å². The minimum atomic E-state index is -3.57. The Kier molecular flexibility index (Phi) is 5.03. The molecule has 0 atom stereocenters. The van der Waals surface area contributed by atoms with Crippen LogP contribution >= 0.6 is 22.4 Å². The van der Waals surface area contributed by atoms with E-state index in [4.69, 9.17) is 15.4 Å². The molecule has 0 radical (unpaired) electrons. The van der Waals surface area contributed by atoms with Gasteiger partial charge in [-0.05, 0) is 41.9 Å². The van der Waals surface area contributed by atoms with Gasteiger partial charge in [-0.25, -0.2) is 8.42 Å². The van der Waals surface area contributed by atoms with Crippen molar-refractivity contribution in [1.29, 1.82) is 0 Å². The van der Waals surface area contributed by atoms with Crippen molar-refractivity contribution in [1.82, 2.24) is 0 Å². The molecular weight excluding hydrogens is 304 g/mol. The lowest BCUT2D eigenvalue weighted by Crippen LogP contribution is -2.09. The summed E-state index contributed by atoms with van der Waals surface area (Å²) < 4.78 is 27.7. The van der Waals surface area contributed by atoms with Gasteiger partial charge < -0.3 is 4.74 Å². The SMILES string of the molecule is COc1ccc(C2CCSCC2)cc1CS(=O)(=O)Cl. The first kappa shape index (κ1) is 15.0. The highest BCUT2D eigenvalue weighted by Gasteiger charge is 2.19. The second kappa shape index (κ2) is 6.37. The van der Waals surface area contributed by atoms with Crippen LogP contribution in [-0.2, 0) is 14.8 Å². The summed E-state index contributed by atoms with van der Waals surface area (Å²) in [6.07, 6.45) is 2.29. The quantitative estimate of drug-likeness (QED) is 0.798. The Labute approximate surface area is 123 Å². The number of rotatable bonds is 4. The van der Waals surface area contributed by atoms with Crippen molar-refractivity contribution in [2.24, 2.45) is 0 Å². The molecule has 1 aliphatic rings. The number of hydrogen-bond donors (Lipinski definition) is 0. The molecule has 3 nitrogen and oxygen atoms in total. The van der Waals surface area contributed by atoms with Crippen molar-refractivity contribution >= 4 is 31.5 Å². The van der Waals surface area contributed by atoms with Gasteiger partial charge in [-0.15, -0.1) is 0 Å².